The molecule has 4 nitrogen and oxygen atoms in total. The molecule has 1 saturated heterocycles. The summed E-state index contributed by atoms with van der Waals surface area (Å²) in [6.07, 6.45) is 4.72. The zero-order valence-electron chi connectivity index (χ0n) is 13.2. The smallest absolute Gasteiger partial charge is 0.115 e. The van der Waals surface area contributed by atoms with Gasteiger partial charge in [0.05, 0.1) is 5.69 Å². The van der Waals surface area contributed by atoms with Gasteiger partial charge in [-0.3, -0.25) is 4.90 Å². The summed E-state index contributed by atoms with van der Waals surface area (Å²) in [5, 5.41) is 3.72. The van der Waals surface area contributed by atoms with E-state index in [2.05, 4.69) is 47.9 Å². The quantitative estimate of drug-likeness (QED) is 0.896. The van der Waals surface area contributed by atoms with Gasteiger partial charge in [-0.15, -0.1) is 0 Å². The average Bonchev–Trinajstić information content (AvgIpc) is 2.39. The van der Waals surface area contributed by atoms with Crippen molar-refractivity contribution in [3.8, 4) is 0 Å². The molecule has 20 heavy (non-hydrogen) atoms. The molecule has 0 aliphatic carbocycles. The summed E-state index contributed by atoms with van der Waals surface area (Å²) in [7, 11) is 0. The van der Waals surface area contributed by atoms with Crippen LogP contribution in [0.25, 0.3) is 0 Å². The van der Waals surface area contributed by atoms with Crippen molar-refractivity contribution in [3.63, 3.8) is 0 Å². The molecule has 0 spiro atoms. The van der Waals surface area contributed by atoms with Crippen LogP contribution in [0.1, 0.15) is 39.8 Å². The number of nitrogens with zero attached hydrogens (tertiary/aromatic N) is 3. The minimum absolute atomic E-state index is 0.591. The maximum atomic E-state index is 4.38. The molecule has 0 amide bonds. The summed E-state index contributed by atoms with van der Waals surface area (Å²) in [4.78, 5) is 11.0. The molecule has 1 N–H and O–H groups in total. The molecule has 0 radical (unpaired) electrons. The van der Waals surface area contributed by atoms with Crippen molar-refractivity contribution < 1.29 is 0 Å². The fourth-order valence-corrected chi connectivity index (χ4v) is 3.09. The number of piperazine rings is 1. The van der Waals surface area contributed by atoms with E-state index in [9.17, 15) is 0 Å². The van der Waals surface area contributed by atoms with Gasteiger partial charge in [0.1, 0.15) is 6.33 Å². The van der Waals surface area contributed by atoms with E-state index in [0.29, 0.717) is 18.0 Å². The molecule has 0 aromatic carbocycles. The van der Waals surface area contributed by atoms with Gasteiger partial charge in [0.15, 0.2) is 0 Å². The lowest BCUT2D eigenvalue weighted by molar-refractivity contribution is 0.0840. The fourth-order valence-electron chi connectivity index (χ4n) is 3.09. The zero-order valence-corrected chi connectivity index (χ0v) is 13.2. The molecule has 112 valence electrons. The van der Waals surface area contributed by atoms with Crippen LogP contribution in [0.3, 0.4) is 0 Å². The Bertz CT molecular complexity index is 391. The van der Waals surface area contributed by atoms with Gasteiger partial charge >= 0.3 is 0 Å². The lowest BCUT2D eigenvalue weighted by Gasteiger charge is -2.42. The SMILES string of the molecule is CC(C)CC1CN(Cc2ccncn2)C(C(C)C)CN1. The first-order chi connectivity index (χ1) is 9.56. The van der Waals surface area contributed by atoms with Gasteiger partial charge < -0.3 is 5.32 Å². The van der Waals surface area contributed by atoms with E-state index >= 15 is 0 Å². The zero-order chi connectivity index (χ0) is 14.5. The standard InChI is InChI=1S/C16H28N4/c1-12(2)7-15-10-20(16(8-18-15)13(3)4)9-14-5-6-17-11-19-14/h5-6,11-13,15-16,18H,7-10H2,1-4H3. The summed E-state index contributed by atoms with van der Waals surface area (Å²) < 4.78 is 0. The van der Waals surface area contributed by atoms with Crippen molar-refractivity contribution in [1.82, 2.24) is 20.2 Å². The van der Waals surface area contributed by atoms with Crippen LogP contribution in [0.5, 0.6) is 0 Å². The van der Waals surface area contributed by atoms with Gasteiger partial charge in [0.2, 0.25) is 0 Å². The largest absolute Gasteiger partial charge is 0.311 e. The number of hydrogen-bond donors (Lipinski definition) is 1. The first-order valence-electron chi connectivity index (χ1n) is 7.78. The van der Waals surface area contributed by atoms with Gasteiger partial charge in [-0.05, 0) is 24.3 Å². The van der Waals surface area contributed by atoms with E-state index in [1.165, 1.54) is 6.42 Å². The van der Waals surface area contributed by atoms with Crippen LogP contribution >= 0.6 is 0 Å². The molecule has 2 heterocycles. The van der Waals surface area contributed by atoms with E-state index in [1.54, 1.807) is 6.33 Å². The van der Waals surface area contributed by atoms with Crippen molar-refractivity contribution in [1.29, 1.82) is 0 Å². The molecule has 1 aromatic rings. The van der Waals surface area contributed by atoms with Crippen molar-refractivity contribution in [2.75, 3.05) is 13.1 Å². The molecule has 0 saturated carbocycles. The van der Waals surface area contributed by atoms with Crippen molar-refractivity contribution in [3.05, 3.63) is 24.3 Å². The van der Waals surface area contributed by atoms with E-state index in [0.717, 1.165) is 31.2 Å². The second-order valence-corrected chi connectivity index (χ2v) is 6.68. The number of rotatable bonds is 5. The molecule has 2 rings (SSSR count). The lowest BCUT2D eigenvalue weighted by Crippen LogP contribution is -2.58. The third kappa shape index (κ3) is 4.25. The highest BCUT2D eigenvalue weighted by Crippen LogP contribution is 2.20. The van der Waals surface area contributed by atoms with E-state index < -0.39 is 0 Å². The monoisotopic (exact) mass is 276 g/mol. The third-order valence-electron chi connectivity index (χ3n) is 4.07. The van der Waals surface area contributed by atoms with Crippen LogP contribution in [0.4, 0.5) is 0 Å². The van der Waals surface area contributed by atoms with E-state index in [1.807, 2.05) is 12.3 Å². The van der Waals surface area contributed by atoms with Crippen LogP contribution in [-0.4, -0.2) is 40.0 Å². The first-order valence-corrected chi connectivity index (χ1v) is 7.78. The average molecular weight is 276 g/mol. The van der Waals surface area contributed by atoms with Gasteiger partial charge in [0.25, 0.3) is 0 Å². The van der Waals surface area contributed by atoms with Gasteiger partial charge in [-0.2, -0.15) is 0 Å². The van der Waals surface area contributed by atoms with Crippen LogP contribution in [0.15, 0.2) is 18.6 Å². The molecular weight excluding hydrogens is 248 g/mol. The highest BCUT2D eigenvalue weighted by atomic mass is 15.2. The molecule has 1 aliphatic rings. The molecule has 2 unspecified atom stereocenters. The van der Waals surface area contributed by atoms with Crippen LogP contribution in [0, 0.1) is 11.8 Å². The second-order valence-electron chi connectivity index (χ2n) is 6.68. The molecular formula is C16H28N4. The Hall–Kier alpha value is -1.00. The Kier molecular flexibility index (Phi) is 5.49. The first kappa shape index (κ1) is 15.4. The molecule has 1 fully saturated rings. The number of aromatic nitrogens is 2. The molecule has 1 aromatic heterocycles. The van der Waals surface area contributed by atoms with Gasteiger partial charge in [0, 0.05) is 37.9 Å². The van der Waals surface area contributed by atoms with Gasteiger partial charge in [-0.1, -0.05) is 27.7 Å². The predicted molar refractivity (Wildman–Crippen MR) is 82.3 cm³/mol. The minimum Gasteiger partial charge on any atom is -0.311 e. The maximum absolute atomic E-state index is 4.38. The Morgan fingerprint density at radius 3 is 2.75 bits per heavy atom. The van der Waals surface area contributed by atoms with Crippen LogP contribution < -0.4 is 5.32 Å². The van der Waals surface area contributed by atoms with Crippen LogP contribution in [0.2, 0.25) is 0 Å². The predicted octanol–water partition coefficient (Wildman–Crippen LogP) is 2.32. The van der Waals surface area contributed by atoms with Gasteiger partial charge in [-0.25, -0.2) is 9.97 Å². The minimum atomic E-state index is 0.591. The highest BCUT2D eigenvalue weighted by Gasteiger charge is 2.30. The Labute approximate surface area is 123 Å². The van der Waals surface area contributed by atoms with E-state index in [-0.39, 0.29) is 0 Å². The molecule has 0 bridgehead atoms. The lowest BCUT2D eigenvalue weighted by atomic mass is 9.95. The number of nitrogens with one attached hydrogen (secondary N) is 1. The molecule has 1 aliphatic heterocycles. The second kappa shape index (κ2) is 7.14. The van der Waals surface area contributed by atoms with Crippen molar-refractivity contribution in [2.24, 2.45) is 11.8 Å². The topological polar surface area (TPSA) is 41.1 Å². The van der Waals surface area contributed by atoms with Crippen molar-refractivity contribution in [2.45, 2.75) is 52.7 Å². The summed E-state index contributed by atoms with van der Waals surface area (Å²) >= 11 is 0. The third-order valence-corrected chi connectivity index (χ3v) is 4.07. The highest BCUT2D eigenvalue weighted by molar-refractivity contribution is 5.00. The fraction of sp³-hybridized carbons (Fsp3) is 0.750. The maximum Gasteiger partial charge on any atom is 0.115 e. The number of hydrogen-bond acceptors (Lipinski definition) is 4. The summed E-state index contributed by atoms with van der Waals surface area (Å²) in [5.74, 6) is 1.40. The Morgan fingerprint density at radius 2 is 2.15 bits per heavy atom. The molecule has 4 heteroatoms. The summed E-state index contributed by atoms with van der Waals surface area (Å²) in [6.45, 7) is 12.3. The van der Waals surface area contributed by atoms with Crippen molar-refractivity contribution >= 4 is 0 Å². The summed E-state index contributed by atoms with van der Waals surface area (Å²) in [5.41, 5.74) is 1.12. The van der Waals surface area contributed by atoms with Crippen LogP contribution in [-0.2, 0) is 6.54 Å². The Morgan fingerprint density at radius 1 is 1.35 bits per heavy atom. The summed E-state index contributed by atoms with van der Waals surface area (Å²) in [6, 6.07) is 3.22. The molecule has 2 atom stereocenters. The van der Waals surface area contributed by atoms with E-state index in [4.69, 9.17) is 0 Å². The Balaban J connectivity index is 2.03. The normalized spacial score (nSPS) is 24.5.